The van der Waals surface area contributed by atoms with Crippen molar-refractivity contribution in [2.24, 2.45) is 5.10 Å². The summed E-state index contributed by atoms with van der Waals surface area (Å²) in [5, 5.41) is 4.04. The lowest BCUT2D eigenvalue weighted by Gasteiger charge is -2.09. The zero-order chi connectivity index (χ0) is 18.1. The molecule has 2 rings (SSSR count). The van der Waals surface area contributed by atoms with Crippen LogP contribution < -0.4 is 14.9 Å². The molecule has 0 saturated carbocycles. The molecule has 0 aliphatic carbocycles. The number of methoxy groups -OCH3 is 1. The average Bonchev–Trinajstić information content (AvgIpc) is 2.63. The van der Waals surface area contributed by atoms with Crippen molar-refractivity contribution in [1.29, 1.82) is 0 Å². The maximum atomic E-state index is 12.3. The van der Waals surface area contributed by atoms with Gasteiger partial charge in [0.25, 0.3) is 5.91 Å². The van der Waals surface area contributed by atoms with Crippen molar-refractivity contribution in [3.63, 3.8) is 0 Å². The number of halogens is 1. The predicted molar refractivity (Wildman–Crippen MR) is 103 cm³/mol. The smallest absolute Gasteiger partial charge is 0.275 e. The van der Waals surface area contributed by atoms with E-state index in [0.717, 1.165) is 28.6 Å². The molecule has 0 heterocycles. The number of nitrogens with zero attached hydrogens (tertiary/aromatic N) is 1. The average molecular weight is 405 g/mol. The fourth-order valence-electron chi connectivity index (χ4n) is 2.12. The molecule has 6 heteroatoms. The third-order valence-corrected chi connectivity index (χ3v) is 3.94. The molecule has 2 aromatic carbocycles. The van der Waals surface area contributed by atoms with E-state index in [-0.39, 0.29) is 5.91 Å². The SMILES string of the molecule is CCCCOc1ccccc1/C=N/NC(=O)c1cc(Br)ccc1OC. The number of carbonyl (C=O) groups excluding carboxylic acids is 1. The second-order valence-corrected chi connectivity index (χ2v) is 6.20. The van der Waals surface area contributed by atoms with E-state index < -0.39 is 0 Å². The summed E-state index contributed by atoms with van der Waals surface area (Å²) in [4.78, 5) is 12.3. The second-order valence-electron chi connectivity index (χ2n) is 5.28. The molecule has 0 aliphatic rings. The molecule has 1 N–H and O–H groups in total. The van der Waals surface area contributed by atoms with Crippen LogP contribution in [0.5, 0.6) is 11.5 Å². The predicted octanol–water partition coefficient (Wildman–Crippen LogP) is 4.40. The van der Waals surface area contributed by atoms with Gasteiger partial charge in [-0.15, -0.1) is 0 Å². The Morgan fingerprint density at radius 1 is 1.24 bits per heavy atom. The largest absolute Gasteiger partial charge is 0.496 e. The number of ether oxygens (including phenoxy) is 2. The Morgan fingerprint density at radius 2 is 2.04 bits per heavy atom. The topological polar surface area (TPSA) is 59.9 Å². The molecule has 0 bridgehead atoms. The molecule has 0 unspecified atom stereocenters. The summed E-state index contributed by atoms with van der Waals surface area (Å²) in [5.74, 6) is 0.881. The minimum absolute atomic E-state index is 0.348. The van der Waals surface area contributed by atoms with Gasteiger partial charge in [-0.2, -0.15) is 5.10 Å². The van der Waals surface area contributed by atoms with Gasteiger partial charge < -0.3 is 9.47 Å². The number of hydrogen-bond acceptors (Lipinski definition) is 4. The molecule has 132 valence electrons. The summed E-state index contributed by atoms with van der Waals surface area (Å²) in [6, 6.07) is 12.8. The van der Waals surface area contributed by atoms with E-state index in [4.69, 9.17) is 9.47 Å². The Hall–Kier alpha value is -2.34. The Bertz CT molecular complexity index is 747. The van der Waals surface area contributed by atoms with E-state index in [9.17, 15) is 4.79 Å². The summed E-state index contributed by atoms with van der Waals surface area (Å²) < 4.78 is 11.7. The highest BCUT2D eigenvalue weighted by atomic mass is 79.9. The lowest BCUT2D eigenvalue weighted by Crippen LogP contribution is -2.18. The van der Waals surface area contributed by atoms with Gasteiger partial charge in [0.1, 0.15) is 11.5 Å². The maximum absolute atomic E-state index is 12.3. The van der Waals surface area contributed by atoms with E-state index in [0.29, 0.717) is 17.9 Å². The van der Waals surface area contributed by atoms with Gasteiger partial charge in [0.05, 0.1) is 25.5 Å². The van der Waals surface area contributed by atoms with Crippen molar-refractivity contribution in [3.8, 4) is 11.5 Å². The zero-order valence-corrected chi connectivity index (χ0v) is 15.9. The molecule has 5 nitrogen and oxygen atoms in total. The summed E-state index contributed by atoms with van der Waals surface area (Å²) in [7, 11) is 1.52. The van der Waals surface area contributed by atoms with Gasteiger partial charge in [0.2, 0.25) is 0 Å². The van der Waals surface area contributed by atoms with Gasteiger partial charge in [-0.05, 0) is 36.8 Å². The minimum Gasteiger partial charge on any atom is -0.496 e. The fourth-order valence-corrected chi connectivity index (χ4v) is 2.48. The van der Waals surface area contributed by atoms with Gasteiger partial charge in [-0.25, -0.2) is 5.43 Å². The van der Waals surface area contributed by atoms with Crippen molar-refractivity contribution >= 4 is 28.1 Å². The van der Waals surface area contributed by atoms with Gasteiger partial charge in [-0.1, -0.05) is 41.4 Å². The van der Waals surface area contributed by atoms with Crippen LogP contribution in [0, 0.1) is 0 Å². The Labute approximate surface area is 156 Å². The molecule has 0 atom stereocenters. The first kappa shape index (κ1) is 19.0. The summed E-state index contributed by atoms with van der Waals surface area (Å²) in [5.41, 5.74) is 3.73. The number of nitrogens with one attached hydrogen (secondary N) is 1. The number of carbonyl (C=O) groups is 1. The van der Waals surface area contributed by atoms with Crippen LogP contribution in [-0.2, 0) is 0 Å². The fraction of sp³-hybridized carbons (Fsp3) is 0.263. The van der Waals surface area contributed by atoms with E-state index in [1.54, 1.807) is 18.3 Å². The van der Waals surface area contributed by atoms with Crippen molar-refractivity contribution in [1.82, 2.24) is 5.43 Å². The maximum Gasteiger partial charge on any atom is 0.275 e. The molecule has 0 aromatic heterocycles. The molecular weight excluding hydrogens is 384 g/mol. The molecule has 2 aromatic rings. The number of benzene rings is 2. The first-order chi connectivity index (χ1) is 12.2. The van der Waals surface area contributed by atoms with E-state index in [2.05, 4.69) is 33.4 Å². The lowest BCUT2D eigenvalue weighted by molar-refractivity contribution is 0.0952. The first-order valence-electron chi connectivity index (χ1n) is 8.04. The molecular formula is C19H21BrN2O3. The van der Waals surface area contributed by atoms with E-state index >= 15 is 0 Å². The van der Waals surface area contributed by atoms with Crippen LogP contribution in [0.1, 0.15) is 35.7 Å². The Balaban J connectivity index is 2.06. The van der Waals surface area contributed by atoms with Crippen LogP contribution in [-0.4, -0.2) is 25.8 Å². The van der Waals surface area contributed by atoms with Crippen molar-refractivity contribution in [2.75, 3.05) is 13.7 Å². The molecule has 0 aliphatic heterocycles. The molecule has 25 heavy (non-hydrogen) atoms. The molecule has 0 saturated heterocycles. The number of amides is 1. The van der Waals surface area contributed by atoms with Crippen LogP contribution >= 0.6 is 15.9 Å². The third kappa shape index (κ3) is 5.60. The quantitative estimate of drug-likeness (QED) is 0.402. The van der Waals surface area contributed by atoms with Crippen LogP contribution in [0.25, 0.3) is 0 Å². The lowest BCUT2D eigenvalue weighted by atomic mass is 10.2. The number of rotatable bonds is 8. The standard InChI is InChI=1S/C19H21BrN2O3/c1-3-4-11-25-17-8-6-5-7-14(17)13-21-22-19(23)16-12-15(20)9-10-18(16)24-2/h5-10,12-13H,3-4,11H2,1-2H3,(H,22,23)/b21-13+. The van der Waals surface area contributed by atoms with Gasteiger partial charge in [0, 0.05) is 10.0 Å². The number of hydrogen-bond donors (Lipinski definition) is 1. The van der Waals surface area contributed by atoms with Crippen molar-refractivity contribution in [3.05, 3.63) is 58.1 Å². The van der Waals surface area contributed by atoms with Crippen molar-refractivity contribution in [2.45, 2.75) is 19.8 Å². The second kappa shape index (κ2) is 9.84. The van der Waals surface area contributed by atoms with E-state index in [1.165, 1.54) is 7.11 Å². The van der Waals surface area contributed by atoms with Crippen LogP contribution in [0.2, 0.25) is 0 Å². The van der Waals surface area contributed by atoms with Crippen LogP contribution in [0.15, 0.2) is 52.0 Å². The number of para-hydroxylation sites is 1. The molecule has 0 spiro atoms. The van der Waals surface area contributed by atoms with Gasteiger partial charge >= 0.3 is 0 Å². The molecule has 0 radical (unpaired) electrons. The highest BCUT2D eigenvalue weighted by Gasteiger charge is 2.12. The molecule has 1 amide bonds. The zero-order valence-electron chi connectivity index (χ0n) is 14.3. The normalized spacial score (nSPS) is 10.7. The Morgan fingerprint density at radius 3 is 2.80 bits per heavy atom. The summed E-state index contributed by atoms with van der Waals surface area (Å²) in [6.45, 7) is 2.77. The summed E-state index contributed by atoms with van der Waals surface area (Å²) >= 11 is 3.35. The van der Waals surface area contributed by atoms with Crippen LogP contribution in [0.4, 0.5) is 0 Å². The number of unbranched alkanes of at least 4 members (excludes halogenated alkanes) is 1. The Kier molecular flexibility index (Phi) is 7.47. The minimum atomic E-state index is -0.348. The van der Waals surface area contributed by atoms with Gasteiger partial charge in [0.15, 0.2) is 0 Å². The highest BCUT2D eigenvalue weighted by molar-refractivity contribution is 9.10. The first-order valence-corrected chi connectivity index (χ1v) is 8.83. The third-order valence-electron chi connectivity index (χ3n) is 3.45. The molecule has 0 fully saturated rings. The highest BCUT2D eigenvalue weighted by Crippen LogP contribution is 2.22. The van der Waals surface area contributed by atoms with Gasteiger partial charge in [-0.3, -0.25) is 4.79 Å². The number of hydrazone groups is 1. The summed E-state index contributed by atoms with van der Waals surface area (Å²) in [6.07, 6.45) is 3.63. The van der Waals surface area contributed by atoms with Crippen LogP contribution in [0.3, 0.4) is 0 Å². The van der Waals surface area contributed by atoms with E-state index in [1.807, 2.05) is 30.3 Å². The van der Waals surface area contributed by atoms with Crippen molar-refractivity contribution < 1.29 is 14.3 Å². The monoisotopic (exact) mass is 404 g/mol.